The number of hydrogen-bond acceptors (Lipinski definition) is 1. The molecule has 0 fully saturated rings. The minimum absolute atomic E-state index is 0.167. The molecular weight excluding hydrogens is 189 g/mol. The topological polar surface area (TPSA) is 23.9 Å². The Kier molecular flexibility index (Phi) is 4.46. The minimum Gasteiger partial charge on any atom is -0.318 e. The Morgan fingerprint density at radius 2 is 1.29 bits per heavy atom. The van der Waals surface area contributed by atoms with E-state index in [1.165, 1.54) is 12.8 Å². The van der Waals surface area contributed by atoms with Gasteiger partial charge in [0, 0.05) is 0 Å². The summed E-state index contributed by atoms with van der Waals surface area (Å²) in [5, 5.41) is 9.17. The summed E-state index contributed by atoms with van der Waals surface area (Å²) in [6, 6.07) is 0. The van der Waals surface area contributed by atoms with E-state index >= 15 is 0 Å². The van der Waals surface area contributed by atoms with Gasteiger partial charge in [-0.2, -0.15) is 0 Å². The van der Waals surface area contributed by atoms with Crippen LogP contribution in [0.5, 0.6) is 0 Å². The van der Waals surface area contributed by atoms with Crippen LogP contribution in [0.2, 0.25) is 0 Å². The second-order valence-corrected chi connectivity index (χ2v) is 11.0. The summed E-state index contributed by atoms with van der Waals surface area (Å²) in [5.41, 5.74) is 0. The van der Waals surface area contributed by atoms with E-state index in [0.717, 1.165) is 6.16 Å². The molecule has 0 amide bonds. The Bertz CT molecular complexity index is 199. The van der Waals surface area contributed by atoms with Crippen molar-refractivity contribution < 1.29 is 0 Å². The summed E-state index contributed by atoms with van der Waals surface area (Å²) in [6.45, 7) is 15.7. The van der Waals surface area contributed by atoms with E-state index in [1.807, 2.05) is 0 Å². The van der Waals surface area contributed by atoms with Crippen LogP contribution in [-0.2, 0) is 0 Å². The molecule has 0 aliphatic carbocycles. The first-order valence-corrected chi connectivity index (χ1v) is 7.67. The third-order valence-corrected chi connectivity index (χ3v) is 8.71. The highest BCUT2D eigenvalue weighted by Crippen LogP contribution is 2.67. The van der Waals surface area contributed by atoms with Crippen LogP contribution in [0.1, 0.15) is 61.3 Å². The molecule has 0 radical (unpaired) electrons. The maximum absolute atomic E-state index is 8.84. The third-order valence-electron chi connectivity index (χ3n) is 3.14. The number of unbranched alkanes of at least 4 members (excludes halogenated alkanes) is 1. The van der Waals surface area contributed by atoms with E-state index in [0.29, 0.717) is 0 Å². The van der Waals surface area contributed by atoms with E-state index in [1.54, 1.807) is 0 Å². The van der Waals surface area contributed by atoms with Crippen molar-refractivity contribution >= 4 is 7.05 Å². The molecule has 2 heteroatoms. The second kappa shape index (κ2) is 4.39. The van der Waals surface area contributed by atoms with Crippen molar-refractivity contribution in [2.24, 2.45) is 0 Å². The summed E-state index contributed by atoms with van der Waals surface area (Å²) in [4.78, 5) is 0. The Morgan fingerprint density at radius 1 is 0.929 bits per heavy atom. The molecule has 0 saturated heterocycles. The molecule has 0 aromatic carbocycles. The first kappa shape index (κ1) is 14.2. The lowest BCUT2D eigenvalue weighted by Gasteiger charge is -2.45. The standard InChI is InChI=1S/C12H28NP/c1-8-9-10-14(13,11(2,3)4)12(5,6)7/h13H,8-10H2,1-7H3. The summed E-state index contributed by atoms with van der Waals surface area (Å²) in [6.07, 6.45) is 3.55. The highest BCUT2D eigenvalue weighted by molar-refractivity contribution is 7.68. The Balaban J connectivity index is 4.99. The zero-order chi connectivity index (χ0) is 11.6. The summed E-state index contributed by atoms with van der Waals surface area (Å²) >= 11 is 0. The monoisotopic (exact) mass is 217 g/mol. The molecule has 0 atom stereocenters. The van der Waals surface area contributed by atoms with Crippen LogP contribution in [-0.4, -0.2) is 16.5 Å². The molecule has 14 heavy (non-hydrogen) atoms. The van der Waals surface area contributed by atoms with Crippen LogP contribution in [0, 0.1) is 5.16 Å². The fourth-order valence-electron chi connectivity index (χ4n) is 2.07. The molecule has 0 spiro atoms. The van der Waals surface area contributed by atoms with Gasteiger partial charge < -0.3 is 5.16 Å². The molecule has 1 nitrogen and oxygen atoms in total. The van der Waals surface area contributed by atoms with Gasteiger partial charge in [-0.05, 0) is 29.9 Å². The van der Waals surface area contributed by atoms with Crippen molar-refractivity contribution in [3.63, 3.8) is 0 Å². The van der Waals surface area contributed by atoms with Crippen LogP contribution >= 0.6 is 7.05 Å². The second-order valence-electron chi connectivity index (χ2n) is 6.23. The van der Waals surface area contributed by atoms with Gasteiger partial charge in [-0.25, -0.2) is 0 Å². The molecule has 0 saturated carbocycles. The molecule has 1 N–H and O–H groups in total. The largest absolute Gasteiger partial charge is 0.318 e. The maximum atomic E-state index is 8.84. The van der Waals surface area contributed by atoms with E-state index < -0.39 is 7.05 Å². The van der Waals surface area contributed by atoms with Gasteiger partial charge in [0.1, 0.15) is 0 Å². The Labute approximate surface area is 90.5 Å². The molecule has 86 valence electrons. The SMILES string of the molecule is CCCCP(=N)(C(C)(C)C)C(C)(C)C. The van der Waals surface area contributed by atoms with Crippen molar-refractivity contribution in [2.75, 3.05) is 6.16 Å². The third kappa shape index (κ3) is 2.86. The average molecular weight is 217 g/mol. The van der Waals surface area contributed by atoms with Gasteiger partial charge in [-0.3, -0.25) is 0 Å². The van der Waals surface area contributed by atoms with Crippen LogP contribution < -0.4 is 0 Å². The summed E-state index contributed by atoms with van der Waals surface area (Å²) in [5.74, 6) is 0. The number of nitrogens with one attached hydrogen (secondary N) is 1. The highest BCUT2D eigenvalue weighted by Gasteiger charge is 2.40. The van der Waals surface area contributed by atoms with Crippen LogP contribution in [0.25, 0.3) is 0 Å². The van der Waals surface area contributed by atoms with Gasteiger partial charge in [0.05, 0.1) is 0 Å². The van der Waals surface area contributed by atoms with Crippen molar-refractivity contribution in [3.05, 3.63) is 0 Å². The fourth-order valence-corrected chi connectivity index (χ4v) is 6.22. The lowest BCUT2D eigenvalue weighted by molar-refractivity contribution is 0.679. The molecule has 0 heterocycles. The van der Waals surface area contributed by atoms with E-state index in [-0.39, 0.29) is 10.3 Å². The molecule has 0 aromatic rings. The molecule has 0 aromatic heterocycles. The van der Waals surface area contributed by atoms with Gasteiger partial charge in [0.15, 0.2) is 0 Å². The van der Waals surface area contributed by atoms with Gasteiger partial charge in [-0.15, -0.1) is 0 Å². The van der Waals surface area contributed by atoms with Gasteiger partial charge >= 0.3 is 0 Å². The molecule has 0 aliphatic rings. The number of hydrogen-bond donors (Lipinski definition) is 1. The molecule has 0 aliphatic heterocycles. The van der Waals surface area contributed by atoms with Crippen molar-refractivity contribution in [2.45, 2.75) is 71.6 Å². The zero-order valence-electron chi connectivity index (χ0n) is 11.1. The van der Waals surface area contributed by atoms with Crippen molar-refractivity contribution in [3.8, 4) is 0 Å². The quantitative estimate of drug-likeness (QED) is 0.631. The molecular formula is C12H28NP. The first-order valence-electron chi connectivity index (χ1n) is 5.69. The zero-order valence-corrected chi connectivity index (χ0v) is 12.0. The fraction of sp³-hybridized carbons (Fsp3) is 1.00. The lowest BCUT2D eigenvalue weighted by atomic mass is 10.2. The van der Waals surface area contributed by atoms with Crippen LogP contribution in [0.15, 0.2) is 0 Å². The number of rotatable bonds is 3. The van der Waals surface area contributed by atoms with Crippen LogP contribution in [0.4, 0.5) is 0 Å². The molecule has 0 bridgehead atoms. The van der Waals surface area contributed by atoms with E-state index in [9.17, 15) is 0 Å². The van der Waals surface area contributed by atoms with Crippen molar-refractivity contribution in [1.82, 2.24) is 0 Å². The average Bonchev–Trinajstić information content (AvgIpc) is 1.95. The summed E-state index contributed by atoms with van der Waals surface area (Å²) in [7, 11) is -1.60. The summed E-state index contributed by atoms with van der Waals surface area (Å²) < 4.78 is 0. The normalized spacial score (nSPS) is 14.5. The predicted octanol–water partition coefficient (Wildman–Crippen LogP) is 5.16. The smallest absolute Gasteiger partial charge is 0.00285 e. The van der Waals surface area contributed by atoms with Crippen LogP contribution in [0.3, 0.4) is 0 Å². The predicted molar refractivity (Wildman–Crippen MR) is 68.9 cm³/mol. The minimum atomic E-state index is -1.60. The van der Waals surface area contributed by atoms with Crippen molar-refractivity contribution in [1.29, 1.82) is 5.16 Å². The Morgan fingerprint density at radius 3 is 1.50 bits per heavy atom. The van der Waals surface area contributed by atoms with Gasteiger partial charge in [0.25, 0.3) is 0 Å². The van der Waals surface area contributed by atoms with Gasteiger partial charge in [0.2, 0.25) is 0 Å². The molecule has 0 unspecified atom stereocenters. The van der Waals surface area contributed by atoms with E-state index in [4.69, 9.17) is 5.16 Å². The maximum Gasteiger partial charge on any atom is -0.00285 e. The van der Waals surface area contributed by atoms with E-state index in [2.05, 4.69) is 48.5 Å². The Hall–Kier alpha value is 0.230. The lowest BCUT2D eigenvalue weighted by Crippen LogP contribution is -2.30. The van der Waals surface area contributed by atoms with Gasteiger partial charge in [-0.1, -0.05) is 54.9 Å². The highest BCUT2D eigenvalue weighted by atomic mass is 31.2. The molecule has 0 rings (SSSR count). The first-order chi connectivity index (χ1) is 6.06.